The van der Waals surface area contributed by atoms with Gasteiger partial charge in [0.05, 0.1) is 6.10 Å². The van der Waals surface area contributed by atoms with Crippen molar-refractivity contribution < 1.29 is 14.6 Å². The first-order chi connectivity index (χ1) is 13.5. The van der Waals surface area contributed by atoms with Gasteiger partial charge in [0.2, 0.25) is 0 Å². The largest absolute Gasteiger partial charge is 0.396 e. The van der Waals surface area contributed by atoms with E-state index in [1.807, 2.05) is 0 Å². The Morgan fingerprint density at radius 1 is 0.893 bits per heavy atom. The normalized spacial score (nSPS) is 53.9. The lowest BCUT2D eigenvalue weighted by atomic mass is 9.44. The maximum Gasteiger partial charge on any atom is 0.157 e. The third-order valence-electron chi connectivity index (χ3n) is 10.5. The summed E-state index contributed by atoms with van der Waals surface area (Å²) >= 11 is 0. The molecule has 160 valence electrons. The van der Waals surface area contributed by atoms with Gasteiger partial charge in [-0.15, -0.1) is 0 Å². The Balaban J connectivity index is 1.27. The minimum Gasteiger partial charge on any atom is -0.396 e. The Kier molecular flexibility index (Phi) is 5.33. The van der Waals surface area contributed by atoms with Gasteiger partial charge in [0.25, 0.3) is 0 Å². The average molecular weight is 391 g/mol. The predicted molar refractivity (Wildman–Crippen MR) is 111 cm³/mol. The van der Waals surface area contributed by atoms with Crippen LogP contribution in [0.1, 0.15) is 90.9 Å². The second-order valence-corrected chi connectivity index (χ2v) is 11.5. The quantitative estimate of drug-likeness (QED) is 0.642. The first-order valence-corrected chi connectivity index (χ1v) is 12.4. The number of hydrogen-bond donors (Lipinski definition) is 1. The summed E-state index contributed by atoms with van der Waals surface area (Å²) in [4.78, 5) is 0. The monoisotopic (exact) mass is 390 g/mol. The molecule has 0 radical (unpaired) electrons. The first kappa shape index (κ1) is 19.8. The number of aliphatic hydroxyl groups excluding tert-OH is 1. The summed E-state index contributed by atoms with van der Waals surface area (Å²) in [6.07, 6.45) is 16.1. The van der Waals surface area contributed by atoms with Crippen molar-refractivity contribution in [3.8, 4) is 0 Å². The molecule has 4 saturated carbocycles. The molecule has 1 heterocycles. The van der Waals surface area contributed by atoms with Crippen molar-refractivity contribution in [3.63, 3.8) is 0 Å². The van der Waals surface area contributed by atoms with Crippen molar-refractivity contribution in [2.75, 3.05) is 13.2 Å². The van der Waals surface area contributed by atoms with E-state index in [4.69, 9.17) is 9.47 Å². The Morgan fingerprint density at radius 3 is 2.50 bits per heavy atom. The third-order valence-corrected chi connectivity index (χ3v) is 10.5. The lowest BCUT2D eigenvalue weighted by Gasteiger charge is -2.61. The number of aliphatic hydroxyl groups is 1. The van der Waals surface area contributed by atoms with Crippen LogP contribution in [0.4, 0.5) is 0 Å². The van der Waals surface area contributed by atoms with E-state index in [1.54, 1.807) is 0 Å². The van der Waals surface area contributed by atoms with E-state index in [0.29, 0.717) is 29.5 Å². The van der Waals surface area contributed by atoms with Crippen molar-refractivity contribution in [2.24, 2.45) is 40.4 Å². The Bertz CT molecular complexity index is 558. The van der Waals surface area contributed by atoms with E-state index in [-0.39, 0.29) is 6.29 Å². The van der Waals surface area contributed by atoms with Crippen LogP contribution in [-0.2, 0) is 9.47 Å². The molecule has 0 aromatic carbocycles. The van der Waals surface area contributed by atoms with Crippen molar-refractivity contribution in [2.45, 2.75) is 103 Å². The van der Waals surface area contributed by atoms with Gasteiger partial charge < -0.3 is 14.6 Å². The van der Waals surface area contributed by atoms with E-state index < -0.39 is 0 Å². The second kappa shape index (κ2) is 7.54. The van der Waals surface area contributed by atoms with Crippen LogP contribution >= 0.6 is 0 Å². The van der Waals surface area contributed by atoms with Gasteiger partial charge in [0.1, 0.15) is 0 Å². The molecule has 0 bridgehead atoms. The summed E-state index contributed by atoms with van der Waals surface area (Å²) in [5.74, 6) is 4.09. The van der Waals surface area contributed by atoms with E-state index >= 15 is 0 Å². The summed E-state index contributed by atoms with van der Waals surface area (Å²) in [5, 5.41) is 9.94. The van der Waals surface area contributed by atoms with Crippen LogP contribution < -0.4 is 0 Å². The van der Waals surface area contributed by atoms with Gasteiger partial charge in [0.15, 0.2) is 6.29 Å². The smallest absolute Gasteiger partial charge is 0.157 e. The zero-order chi connectivity index (χ0) is 19.4. The molecule has 3 nitrogen and oxygen atoms in total. The molecule has 3 heteroatoms. The molecular weight excluding hydrogens is 348 g/mol. The minimum atomic E-state index is 0.0729. The molecule has 1 N–H and O–H groups in total. The molecule has 0 aromatic heterocycles. The lowest BCUT2D eigenvalue weighted by Crippen LogP contribution is -2.54. The van der Waals surface area contributed by atoms with Gasteiger partial charge in [0, 0.05) is 13.2 Å². The van der Waals surface area contributed by atoms with Gasteiger partial charge >= 0.3 is 0 Å². The van der Waals surface area contributed by atoms with Crippen molar-refractivity contribution in [1.82, 2.24) is 0 Å². The van der Waals surface area contributed by atoms with E-state index in [9.17, 15) is 5.11 Å². The molecular formula is C25H42O3. The van der Waals surface area contributed by atoms with E-state index in [2.05, 4.69) is 13.8 Å². The first-order valence-electron chi connectivity index (χ1n) is 12.4. The van der Waals surface area contributed by atoms with Gasteiger partial charge in [-0.1, -0.05) is 13.8 Å². The second-order valence-electron chi connectivity index (χ2n) is 11.5. The highest BCUT2D eigenvalue weighted by Gasteiger charge is 2.60. The van der Waals surface area contributed by atoms with Gasteiger partial charge in [-0.3, -0.25) is 0 Å². The van der Waals surface area contributed by atoms with Gasteiger partial charge in [-0.2, -0.15) is 0 Å². The molecule has 0 spiro atoms. The molecule has 0 amide bonds. The molecule has 5 aliphatic rings. The molecule has 28 heavy (non-hydrogen) atoms. The molecule has 4 aliphatic carbocycles. The van der Waals surface area contributed by atoms with Gasteiger partial charge in [-0.05, 0) is 117 Å². The average Bonchev–Trinajstić information content (AvgIpc) is 3.05. The fourth-order valence-corrected chi connectivity index (χ4v) is 8.78. The number of ether oxygens (including phenoxy) is 2. The van der Waals surface area contributed by atoms with Crippen LogP contribution in [-0.4, -0.2) is 30.7 Å². The number of rotatable bonds is 3. The van der Waals surface area contributed by atoms with Crippen LogP contribution in [0.3, 0.4) is 0 Å². The number of hydrogen-bond acceptors (Lipinski definition) is 3. The van der Waals surface area contributed by atoms with Gasteiger partial charge in [-0.25, -0.2) is 0 Å². The van der Waals surface area contributed by atoms with Crippen molar-refractivity contribution in [3.05, 3.63) is 0 Å². The SMILES string of the molecule is C[C@@]12CCC3C(CC[C@@H]4CC(OC5CCCCO5)CC[C@@]34C)[C@H]1CC[C@H]2CO. The van der Waals surface area contributed by atoms with Crippen molar-refractivity contribution in [1.29, 1.82) is 0 Å². The lowest BCUT2D eigenvalue weighted by molar-refractivity contribution is -0.212. The van der Waals surface area contributed by atoms with E-state index in [1.165, 1.54) is 70.6 Å². The zero-order valence-electron chi connectivity index (χ0n) is 18.2. The van der Waals surface area contributed by atoms with Crippen molar-refractivity contribution >= 4 is 0 Å². The fourth-order valence-electron chi connectivity index (χ4n) is 8.78. The third kappa shape index (κ3) is 3.10. The highest BCUT2D eigenvalue weighted by atomic mass is 16.7. The minimum absolute atomic E-state index is 0.0729. The Morgan fingerprint density at radius 2 is 1.71 bits per heavy atom. The van der Waals surface area contributed by atoms with Crippen LogP contribution in [0, 0.1) is 40.4 Å². The maximum atomic E-state index is 9.94. The van der Waals surface area contributed by atoms with Crippen LogP contribution in [0.2, 0.25) is 0 Å². The zero-order valence-corrected chi connectivity index (χ0v) is 18.2. The maximum absolute atomic E-state index is 9.94. The fraction of sp³-hybridized carbons (Fsp3) is 1.00. The molecule has 5 fully saturated rings. The standard InChI is InChI=1S/C25H42O3/c1-24-12-10-19(28-23-5-3-4-14-27-23)15-17(24)6-8-20-21-9-7-18(16-26)25(21,2)13-11-22(20)24/h17-23,26H,3-16H2,1-2H3/t17-,18+,19?,20?,21-,22?,23?,24-,25+/m1/s1. The van der Waals surface area contributed by atoms with Crippen LogP contribution in [0.25, 0.3) is 0 Å². The Hall–Kier alpha value is -0.120. The molecule has 5 rings (SSSR count). The summed E-state index contributed by atoms with van der Waals surface area (Å²) < 4.78 is 12.3. The molecule has 1 saturated heterocycles. The summed E-state index contributed by atoms with van der Waals surface area (Å²) in [5.41, 5.74) is 0.937. The topological polar surface area (TPSA) is 38.7 Å². The van der Waals surface area contributed by atoms with E-state index in [0.717, 1.165) is 36.7 Å². The Labute approximate surface area is 171 Å². The molecule has 4 unspecified atom stereocenters. The highest BCUT2D eigenvalue weighted by Crippen LogP contribution is 2.67. The molecule has 9 atom stereocenters. The van der Waals surface area contributed by atoms with Crippen LogP contribution in [0.5, 0.6) is 0 Å². The molecule has 1 aliphatic heterocycles. The number of fused-ring (bicyclic) bond motifs is 5. The highest BCUT2D eigenvalue weighted by molar-refractivity contribution is 5.09. The van der Waals surface area contributed by atoms with Crippen LogP contribution in [0.15, 0.2) is 0 Å². The summed E-state index contributed by atoms with van der Waals surface area (Å²) in [7, 11) is 0. The molecule has 0 aromatic rings. The predicted octanol–water partition coefficient (Wildman–Crippen LogP) is 5.55. The summed E-state index contributed by atoms with van der Waals surface area (Å²) in [6.45, 7) is 6.46. The summed E-state index contributed by atoms with van der Waals surface area (Å²) in [6, 6.07) is 0.